The van der Waals surface area contributed by atoms with Crippen molar-refractivity contribution in [2.45, 2.75) is 0 Å². The Morgan fingerprint density at radius 3 is 2.72 bits per heavy atom. The van der Waals surface area contributed by atoms with Crippen molar-refractivity contribution in [3.05, 3.63) is 46.3 Å². The Bertz CT molecular complexity index is 578. The normalized spacial score (nSPS) is 10.2. The van der Waals surface area contributed by atoms with Crippen molar-refractivity contribution in [3.8, 4) is 5.75 Å². The van der Waals surface area contributed by atoms with Gasteiger partial charge in [0.2, 0.25) is 0 Å². The zero-order chi connectivity index (χ0) is 13.1. The van der Waals surface area contributed by atoms with Crippen molar-refractivity contribution in [2.75, 3.05) is 12.4 Å². The van der Waals surface area contributed by atoms with Crippen LogP contribution in [0.2, 0.25) is 10.0 Å². The van der Waals surface area contributed by atoms with Gasteiger partial charge in [0.1, 0.15) is 5.75 Å². The maximum Gasteiger partial charge on any atom is 0.167 e. The van der Waals surface area contributed by atoms with Crippen molar-refractivity contribution >= 4 is 34.7 Å². The molecule has 0 bridgehead atoms. The Kier molecular flexibility index (Phi) is 3.89. The molecule has 1 N–H and O–H groups in total. The van der Waals surface area contributed by atoms with Crippen molar-refractivity contribution in [3.63, 3.8) is 0 Å². The van der Waals surface area contributed by atoms with Gasteiger partial charge < -0.3 is 10.1 Å². The van der Waals surface area contributed by atoms with Gasteiger partial charge in [0.05, 0.1) is 17.2 Å². The number of hydrogen-bond acceptors (Lipinski definition) is 3. The molecule has 1 aromatic heterocycles. The fourth-order valence-electron chi connectivity index (χ4n) is 1.38. The molecule has 0 saturated carbocycles. The van der Waals surface area contributed by atoms with Gasteiger partial charge >= 0.3 is 0 Å². The lowest BCUT2D eigenvalue weighted by molar-refractivity contribution is 0.415. The van der Waals surface area contributed by atoms with Crippen LogP contribution < -0.4 is 10.1 Å². The quantitative estimate of drug-likeness (QED) is 0.914. The van der Waals surface area contributed by atoms with Gasteiger partial charge in [-0.15, -0.1) is 0 Å². The smallest absolute Gasteiger partial charge is 0.167 e. The number of anilines is 2. The van der Waals surface area contributed by atoms with Gasteiger partial charge in [-0.05, 0) is 18.2 Å². The largest absolute Gasteiger partial charge is 0.495 e. The molecule has 0 atom stereocenters. The number of rotatable bonds is 3. The summed E-state index contributed by atoms with van der Waals surface area (Å²) >= 11 is 11.5. The van der Waals surface area contributed by atoms with E-state index in [1.54, 1.807) is 18.2 Å². The summed E-state index contributed by atoms with van der Waals surface area (Å²) < 4.78 is 18.6. The Morgan fingerprint density at radius 2 is 2.06 bits per heavy atom. The van der Waals surface area contributed by atoms with Crippen LogP contribution in [0, 0.1) is 5.82 Å². The predicted molar refractivity (Wildman–Crippen MR) is 70.5 cm³/mol. The minimum absolute atomic E-state index is 0.0868. The molecule has 94 valence electrons. The summed E-state index contributed by atoms with van der Waals surface area (Å²) in [7, 11) is 1.51. The highest BCUT2D eigenvalue weighted by Crippen LogP contribution is 2.29. The zero-order valence-electron chi connectivity index (χ0n) is 9.38. The first-order valence-corrected chi connectivity index (χ1v) is 5.77. The molecule has 1 aromatic carbocycles. The van der Waals surface area contributed by atoms with Crippen molar-refractivity contribution in [1.29, 1.82) is 0 Å². The average molecular weight is 287 g/mol. The zero-order valence-corrected chi connectivity index (χ0v) is 10.9. The Labute approximate surface area is 114 Å². The molecule has 3 nitrogen and oxygen atoms in total. The highest BCUT2D eigenvalue weighted by Gasteiger charge is 2.07. The molecule has 0 unspecified atom stereocenters. The van der Waals surface area contributed by atoms with E-state index in [4.69, 9.17) is 27.9 Å². The van der Waals surface area contributed by atoms with Gasteiger partial charge in [-0.25, -0.2) is 9.37 Å². The number of nitrogens with one attached hydrogen (secondary N) is 1. The van der Waals surface area contributed by atoms with E-state index in [9.17, 15) is 4.39 Å². The van der Waals surface area contributed by atoms with Crippen LogP contribution in [0.4, 0.5) is 15.9 Å². The minimum Gasteiger partial charge on any atom is -0.495 e. The van der Waals surface area contributed by atoms with E-state index in [1.165, 1.54) is 19.4 Å². The topological polar surface area (TPSA) is 34.1 Å². The van der Waals surface area contributed by atoms with Crippen LogP contribution >= 0.6 is 23.2 Å². The summed E-state index contributed by atoms with van der Waals surface area (Å²) in [6.07, 6.45) is 1.36. The van der Waals surface area contributed by atoms with E-state index in [-0.39, 0.29) is 10.8 Å². The van der Waals surface area contributed by atoms with Crippen LogP contribution in [0.15, 0.2) is 30.5 Å². The molecule has 0 radical (unpaired) electrons. The molecule has 2 rings (SSSR count). The third kappa shape index (κ3) is 2.83. The number of ether oxygens (including phenoxy) is 1. The summed E-state index contributed by atoms with van der Waals surface area (Å²) in [4.78, 5) is 3.86. The summed E-state index contributed by atoms with van der Waals surface area (Å²) in [5.41, 5.74) is 0.616. The van der Waals surface area contributed by atoms with E-state index in [1.807, 2.05) is 0 Å². The molecule has 0 aliphatic carbocycles. The monoisotopic (exact) mass is 286 g/mol. The number of nitrogens with zero attached hydrogens (tertiary/aromatic N) is 1. The Hall–Kier alpha value is -1.52. The molecular formula is C12H9Cl2FN2O. The highest BCUT2D eigenvalue weighted by molar-refractivity contribution is 6.32. The number of halogens is 3. The first-order chi connectivity index (χ1) is 8.60. The van der Waals surface area contributed by atoms with Crippen molar-refractivity contribution in [1.82, 2.24) is 4.98 Å². The number of benzene rings is 1. The molecule has 0 saturated heterocycles. The van der Waals surface area contributed by atoms with Crippen LogP contribution in [0.1, 0.15) is 0 Å². The minimum atomic E-state index is -0.531. The van der Waals surface area contributed by atoms with Gasteiger partial charge in [-0.1, -0.05) is 23.2 Å². The number of pyridine rings is 1. The number of methoxy groups -OCH3 is 1. The van der Waals surface area contributed by atoms with Gasteiger partial charge in [0, 0.05) is 18.0 Å². The second-order valence-corrected chi connectivity index (χ2v) is 4.30. The molecule has 0 amide bonds. The fraction of sp³-hybridized carbons (Fsp3) is 0.0833. The molecule has 0 aliphatic rings. The summed E-state index contributed by atoms with van der Waals surface area (Å²) in [5, 5.41) is 3.54. The molecule has 18 heavy (non-hydrogen) atoms. The van der Waals surface area contributed by atoms with Crippen LogP contribution in [0.3, 0.4) is 0 Å². The SMILES string of the molecule is COc1cc(Nc2ncc(Cl)cc2F)ccc1Cl. The maximum absolute atomic E-state index is 13.5. The third-order valence-electron chi connectivity index (χ3n) is 2.22. The lowest BCUT2D eigenvalue weighted by atomic mass is 10.3. The van der Waals surface area contributed by atoms with Gasteiger partial charge in [0.15, 0.2) is 11.6 Å². The van der Waals surface area contributed by atoms with Gasteiger partial charge in [-0.2, -0.15) is 0 Å². The molecule has 1 heterocycles. The maximum atomic E-state index is 13.5. The first kappa shape index (κ1) is 12.9. The van der Waals surface area contributed by atoms with Gasteiger partial charge in [-0.3, -0.25) is 0 Å². The summed E-state index contributed by atoms with van der Waals surface area (Å²) in [6, 6.07) is 6.18. The number of aromatic nitrogens is 1. The lowest BCUT2D eigenvalue weighted by Gasteiger charge is -2.09. The lowest BCUT2D eigenvalue weighted by Crippen LogP contribution is -1.97. The van der Waals surface area contributed by atoms with Crippen molar-refractivity contribution in [2.24, 2.45) is 0 Å². The second-order valence-electron chi connectivity index (χ2n) is 3.46. The third-order valence-corrected chi connectivity index (χ3v) is 2.74. The van der Waals surface area contributed by atoms with E-state index in [0.717, 1.165) is 0 Å². The molecular weight excluding hydrogens is 278 g/mol. The predicted octanol–water partition coefficient (Wildman–Crippen LogP) is 4.28. The Balaban J connectivity index is 2.28. The average Bonchev–Trinajstić information content (AvgIpc) is 2.35. The fourth-order valence-corrected chi connectivity index (χ4v) is 1.72. The second kappa shape index (κ2) is 5.42. The van der Waals surface area contributed by atoms with E-state index < -0.39 is 5.82 Å². The number of hydrogen-bond donors (Lipinski definition) is 1. The van der Waals surface area contributed by atoms with Crippen LogP contribution in [-0.2, 0) is 0 Å². The molecule has 2 aromatic rings. The van der Waals surface area contributed by atoms with E-state index >= 15 is 0 Å². The van der Waals surface area contributed by atoms with Crippen molar-refractivity contribution < 1.29 is 9.13 Å². The first-order valence-electron chi connectivity index (χ1n) is 5.02. The highest BCUT2D eigenvalue weighted by atomic mass is 35.5. The van der Waals surface area contributed by atoms with Crippen LogP contribution in [0.25, 0.3) is 0 Å². The molecule has 0 spiro atoms. The molecule has 0 aliphatic heterocycles. The van der Waals surface area contributed by atoms with Crippen LogP contribution in [-0.4, -0.2) is 12.1 Å². The van der Waals surface area contributed by atoms with Gasteiger partial charge in [0.25, 0.3) is 0 Å². The van der Waals surface area contributed by atoms with Crippen LogP contribution in [0.5, 0.6) is 5.75 Å². The summed E-state index contributed by atoms with van der Waals surface area (Å²) in [5.74, 6) is 0.0521. The molecule has 0 fully saturated rings. The van der Waals surface area contributed by atoms with E-state index in [2.05, 4.69) is 10.3 Å². The summed E-state index contributed by atoms with van der Waals surface area (Å²) in [6.45, 7) is 0. The Morgan fingerprint density at radius 1 is 1.28 bits per heavy atom. The molecule has 6 heteroatoms. The van der Waals surface area contributed by atoms with E-state index in [0.29, 0.717) is 16.5 Å². The standard InChI is InChI=1S/C12H9Cl2FN2O/c1-18-11-5-8(2-3-9(11)14)17-12-10(15)4-7(13)6-16-12/h2-6H,1H3,(H,16,17).